The number of benzene rings is 1. The van der Waals surface area contributed by atoms with E-state index in [1.54, 1.807) is 11.2 Å². The van der Waals surface area contributed by atoms with Gasteiger partial charge < -0.3 is 0 Å². The van der Waals surface area contributed by atoms with Crippen molar-refractivity contribution in [1.82, 2.24) is 15.2 Å². The van der Waals surface area contributed by atoms with Gasteiger partial charge in [-0.1, -0.05) is 12.1 Å². The van der Waals surface area contributed by atoms with E-state index in [2.05, 4.69) is 15.4 Å². The maximum atomic E-state index is 12.4. The van der Waals surface area contributed by atoms with Gasteiger partial charge in [-0.3, -0.25) is 20.0 Å². The van der Waals surface area contributed by atoms with Crippen molar-refractivity contribution in [3.63, 3.8) is 0 Å². The van der Waals surface area contributed by atoms with Gasteiger partial charge in [0.1, 0.15) is 0 Å². The number of Topliss-reactive ketones (excluding diaryl/α,β-unsaturated/α-hetero) is 1. The number of anilines is 1. The minimum atomic E-state index is -4.67. The molecule has 1 aliphatic carbocycles. The van der Waals surface area contributed by atoms with Crippen molar-refractivity contribution >= 4 is 17.6 Å². The third kappa shape index (κ3) is 4.27. The normalized spacial score (nSPS) is 14.0. The van der Waals surface area contributed by atoms with Crippen LogP contribution in [0.25, 0.3) is 0 Å². The van der Waals surface area contributed by atoms with Gasteiger partial charge in [0, 0.05) is 18.4 Å². The third-order valence-corrected chi connectivity index (χ3v) is 4.25. The number of ketones is 1. The molecule has 0 atom stereocenters. The summed E-state index contributed by atoms with van der Waals surface area (Å²) in [7, 11) is 0. The first-order valence-electron chi connectivity index (χ1n) is 8.27. The smallest absolute Gasteiger partial charge is 0.294 e. The quantitative estimate of drug-likeness (QED) is 0.795. The number of rotatable bonds is 5. The Bertz CT molecular complexity index is 830. The summed E-state index contributed by atoms with van der Waals surface area (Å²) < 4.78 is 37.2. The number of fused-ring (bicyclic) bond motifs is 1. The van der Waals surface area contributed by atoms with Gasteiger partial charge in [-0.15, -0.1) is 5.10 Å². The average Bonchev–Trinajstić information content (AvgIpc) is 3.08. The van der Waals surface area contributed by atoms with Gasteiger partial charge in [-0.25, -0.2) is 0 Å². The molecule has 0 spiro atoms. The van der Waals surface area contributed by atoms with Crippen molar-refractivity contribution in [3.8, 4) is 0 Å². The molecule has 0 aliphatic heterocycles. The summed E-state index contributed by atoms with van der Waals surface area (Å²) in [5.74, 6) is -2.56. The predicted octanol–water partition coefficient (Wildman–Crippen LogP) is 3.30. The van der Waals surface area contributed by atoms with E-state index in [0.29, 0.717) is 5.56 Å². The van der Waals surface area contributed by atoms with Crippen LogP contribution in [0.1, 0.15) is 53.0 Å². The maximum absolute atomic E-state index is 12.4. The highest BCUT2D eigenvalue weighted by molar-refractivity contribution is 5.99. The zero-order valence-corrected chi connectivity index (χ0v) is 13.8. The number of H-pyrrole nitrogens is 1. The Morgan fingerprint density at radius 2 is 1.85 bits per heavy atom. The number of carbonyl (C=O) groups is 2. The minimum Gasteiger partial charge on any atom is -0.294 e. The minimum absolute atomic E-state index is 0.0405. The topological polar surface area (TPSA) is 87.7 Å². The fourth-order valence-electron chi connectivity index (χ4n) is 2.91. The molecule has 1 aromatic carbocycles. The van der Waals surface area contributed by atoms with Crippen LogP contribution in [0.4, 0.5) is 19.1 Å². The molecule has 1 heterocycles. The lowest BCUT2D eigenvalue weighted by Crippen LogP contribution is -2.15. The van der Waals surface area contributed by atoms with Crippen LogP contribution in [-0.2, 0) is 23.8 Å². The lowest BCUT2D eigenvalue weighted by Gasteiger charge is -2.16. The average molecular weight is 366 g/mol. The molecule has 0 bridgehead atoms. The molecule has 0 radical (unpaired) electrons. The van der Waals surface area contributed by atoms with Crippen molar-refractivity contribution in [2.75, 3.05) is 5.32 Å². The standard InChI is InChI=1S/C17H17F3N4O2/c18-17(19,20)15-22-16(24-23-15)21-14(26)8-7-13(25)12-6-5-10-3-1-2-4-11(10)9-12/h5-6,9H,1-4,7-8H2,(H2,21,22,23,24,26). The fourth-order valence-corrected chi connectivity index (χ4v) is 2.91. The number of hydrogen-bond donors (Lipinski definition) is 2. The first kappa shape index (κ1) is 18.1. The van der Waals surface area contributed by atoms with Gasteiger partial charge in [0.25, 0.3) is 0 Å². The van der Waals surface area contributed by atoms with Gasteiger partial charge in [-0.05, 0) is 42.9 Å². The van der Waals surface area contributed by atoms with E-state index in [9.17, 15) is 22.8 Å². The summed E-state index contributed by atoms with van der Waals surface area (Å²) in [4.78, 5) is 27.2. The summed E-state index contributed by atoms with van der Waals surface area (Å²) in [5, 5.41) is 7.13. The SMILES string of the molecule is O=C(CCC(=O)c1ccc2c(c1)CCCC2)Nc1n[nH]c(C(F)(F)F)n1. The maximum Gasteiger partial charge on any atom is 0.451 e. The monoisotopic (exact) mass is 366 g/mol. The Labute approximate surface area is 147 Å². The Morgan fingerprint density at radius 1 is 1.12 bits per heavy atom. The molecule has 2 aromatic rings. The van der Waals surface area contributed by atoms with E-state index in [0.717, 1.165) is 25.7 Å². The van der Waals surface area contributed by atoms with Crippen molar-refractivity contribution < 1.29 is 22.8 Å². The number of amides is 1. The second kappa shape index (κ2) is 7.27. The molecule has 6 nitrogen and oxygen atoms in total. The first-order chi connectivity index (χ1) is 12.3. The number of halogens is 3. The predicted molar refractivity (Wildman–Crippen MR) is 86.7 cm³/mol. The van der Waals surface area contributed by atoms with Crippen LogP contribution in [0.3, 0.4) is 0 Å². The lowest BCUT2D eigenvalue weighted by molar-refractivity contribution is -0.144. The van der Waals surface area contributed by atoms with Crippen molar-refractivity contribution in [2.24, 2.45) is 0 Å². The van der Waals surface area contributed by atoms with Gasteiger partial charge in [0.05, 0.1) is 0 Å². The zero-order valence-electron chi connectivity index (χ0n) is 13.8. The number of aryl methyl sites for hydroxylation is 2. The molecule has 1 amide bonds. The molecular formula is C17H17F3N4O2. The van der Waals surface area contributed by atoms with Crippen molar-refractivity contribution in [3.05, 3.63) is 40.7 Å². The molecular weight excluding hydrogens is 349 g/mol. The summed E-state index contributed by atoms with van der Waals surface area (Å²) in [6.45, 7) is 0. The summed E-state index contributed by atoms with van der Waals surface area (Å²) in [5.41, 5.74) is 2.98. The summed E-state index contributed by atoms with van der Waals surface area (Å²) in [6.07, 6.45) is -0.654. The number of hydrogen-bond acceptors (Lipinski definition) is 4. The molecule has 0 fully saturated rings. The number of aromatic nitrogens is 3. The Hall–Kier alpha value is -2.71. The third-order valence-electron chi connectivity index (χ3n) is 4.25. The number of aromatic amines is 1. The van der Waals surface area contributed by atoms with Gasteiger partial charge in [0.2, 0.25) is 17.7 Å². The van der Waals surface area contributed by atoms with E-state index in [4.69, 9.17) is 0 Å². The fraction of sp³-hybridized carbons (Fsp3) is 0.412. The van der Waals surface area contributed by atoms with Crippen LogP contribution in [0, 0.1) is 0 Å². The summed E-state index contributed by atoms with van der Waals surface area (Å²) in [6, 6.07) is 5.59. The second-order valence-electron chi connectivity index (χ2n) is 6.17. The Kier molecular flexibility index (Phi) is 5.06. The van der Waals surface area contributed by atoms with Gasteiger partial charge in [-0.2, -0.15) is 18.2 Å². The van der Waals surface area contributed by atoms with E-state index in [-0.39, 0.29) is 18.6 Å². The lowest BCUT2D eigenvalue weighted by atomic mass is 9.89. The molecule has 3 rings (SSSR count). The van der Waals surface area contributed by atoms with E-state index in [1.165, 1.54) is 11.1 Å². The molecule has 2 N–H and O–H groups in total. The summed E-state index contributed by atoms with van der Waals surface area (Å²) >= 11 is 0. The molecule has 1 aliphatic rings. The highest BCUT2D eigenvalue weighted by atomic mass is 19.4. The Balaban J connectivity index is 1.54. The Morgan fingerprint density at radius 3 is 2.54 bits per heavy atom. The molecule has 0 unspecified atom stereocenters. The van der Waals surface area contributed by atoms with E-state index in [1.807, 2.05) is 12.1 Å². The molecule has 0 saturated carbocycles. The molecule has 138 valence electrons. The molecule has 9 heteroatoms. The van der Waals surface area contributed by atoms with Gasteiger partial charge in [0.15, 0.2) is 5.78 Å². The highest BCUT2D eigenvalue weighted by Gasteiger charge is 2.35. The van der Waals surface area contributed by atoms with Crippen LogP contribution in [0.2, 0.25) is 0 Å². The van der Waals surface area contributed by atoms with Gasteiger partial charge >= 0.3 is 6.18 Å². The largest absolute Gasteiger partial charge is 0.451 e. The van der Waals surface area contributed by atoms with Crippen LogP contribution < -0.4 is 5.32 Å². The van der Waals surface area contributed by atoms with Crippen molar-refractivity contribution in [1.29, 1.82) is 0 Å². The van der Waals surface area contributed by atoms with Crippen LogP contribution in [-0.4, -0.2) is 26.9 Å². The molecule has 0 saturated heterocycles. The van der Waals surface area contributed by atoms with Crippen LogP contribution in [0.15, 0.2) is 18.2 Å². The van der Waals surface area contributed by atoms with E-state index < -0.39 is 23.9 Å². The van der Waals surface area contributed by atoms with Crippen molar-refractivity contribution in [2.45, 2.75) is 44.7 Å². The molecule has 26 heavy (non-hydrogen) atoms. The van der Waals surface area contributed by atoms with Crippen LogP contribution >= 0.6 is 0 Å². The number of nitrogens with zero attached hydrogens (tertiary/aromatic N) is 2. The second-order valence-corrected chi connectivity index (χ2v) is 6.17. The molecule has 1 aromatic heterocycles. The highest BCUT2D eigenvalue weighted by Crippen LogP contribution is 2.26. The van der Waals surface area contributed by atoms with E-state index >= 15 is 0 Å². The first-order valence-corrected chi connectivity index (χ1v) is 8.27. The number of carbonyl (C=O) groups excluding carboxylic acids is 2. The zero-order chi connectivity index (χ0) is 18.7. The number of alkyl halides is 3. The van der Waals surface area contributed by atoms with Crippen LogP contribution in [0.5, 0.6) is 0 Å². The number of nitrogens with one attached hydrogen (secondary N) is 2.